The minimum atomic E-state index is -0.200. The van der Waals surface area contributed by atoms with Gasteiger partial charge in [-0.25, -0.2) is 4.39 Å². The average Bonchev–Trinajstić information content (AvgIpc) is 2.57. The lowest BCUT2D eigenvalue weighted by atomic mass is 10.1. The maximum absolute atomic E-state index is 13.0. The van der Waals surface area contributed by atoms with E-state index in [0.717, 1.165) is 24.2 Å². The first-order valence-corrected chi connectivity index (χ1v) is 7.35. The molecule has 0 fully saturated rings. The van der Waals surface area contributed by atoms with Gasteiger partial charge in [0, 0.05) is 12.1 Å². The lowest BCUT2D eigenvalue weighted by molar-refractivity contribution is 0.577. The summed E-state index contributed by atoms with van der Waals surface area (Å²) in [5.74, 6) is -0.200. The van der Waals surface area contributed by atoms with Gasteiger partial charge in [-0.05, 0) is 66.1 Å². The van der Waals surface area contributed by atoms with E-state index in [0.29, 0.717) is 0 Å². The molecule has 2 nitrogen and oxygen atoms in total. The Hall–Kier alpha value is -0.910. The van der Waals surface area contributed by atoms with Gasteiger partial charge < -0.3 is 0 Å². The number of benzene rings is 1. The third-order valence-corrected chi connectivity index (χ3v) is 4.53. The first-order valence-electron chi connectivity index (χ1n) is 6.27. The Kier molecular flexibility index (Phi) is 3.37. The fraction of sp³-hybridized carbons (Fsp3) is 0.357. The van der Waals surface area contributed by atoms with E-state index in [1.165, 1.54) is 40.7 Å². The molecule has 0 spiro atoms. The zero-order valence-corrected chi connectivity index (χ0v) is 12.2. The van der Waals surface area contributed by atoms with E-state index in [1.807, 2.05) is 0 Å². The topological polar surface area (TPSA) is 17.8 Å². The van der Waals surface area contributed by atoms with Crippen molar-refractivity contribution >= 4 is 22.6 Å². The van der Waals surface area contributed by atoms with E-state index in [9.17, 15) is 4.39 Å². The Bertz CT molecular complexity index is 560. The van der Waals surface area contributed by atoms with Gasteiger partial charge >= 0.3 is 0 Å². The molecule has 94 valence electrons. The van der Waals surface area contributed by atoms with Gasteiger partial charge in [-0.1, -0.05) is 6.42 Å². The van der Waals surface area contributed by atoms with Crippen LogP contribution in [-0.2, 0) is 13.0 Å². The summed E-state index contributed by atoms with van der Waals surface area (Å²) in [5.41, 5.74) is 3.33. The largest absolute Gasteiger partial charge is 0.268 e. The van der Waals surface area contributed by atoms with E-state index in [2.05, 4.69) is 27.3 Å². The van der Waals surface area contributed by atoms with Crippen LogP contribution >= 0.6 is 22.6 Å². The molecule has 2 aromatic rings. The second-order valence-electron chi connectivity index (χ2n) is 4.65. The number of rotatable bonds is 1. The van der Waals surface area contributed by atoms with Crippen LogP contribution in [0.4, 0.5) is 4.39 Å². The molecular formula is C14H14FIN2. The normalized spacial score (nSPS) is 15.2. The number of halogens is 2. The quantitative estimate of drug-likeness (QED) is 0.706. The Morgan fingerprint density at radius 2 is 1.89 bits per heavy atom. The van der Waals surface area contributed by atoms with Gasteiger partial charge in [-0.3, -0.25) is 4.68 Å². The summed E-state index contributed by atoms with van der Waals surface area (Å²) in [6.45, 7) is 1.01. The standard InChI is InChI=1S/C14H14FIN2/c15-11-7-5-10(6-8-11)14-13(16)12-4-2-1-3-9-18(12)17-14/h5-8H,1-4,9H2. The molecule has 0 aliphatic carbocycles. The number of aromatic nitrogens is 2. The maximum atomic E-state index is 13.0. The van der Waals surface area contributed by atoms with E-state index < -0.39 is 0 Å². The first kappa shape index (κ1) is 12.1. The molecular weight excluding hydrogens is 342 g/mol. The third-order valence-electron chi connectivity index (χ3n) is 3.39. The molecule has 1 aliphatic heterocycles. The van der Waals surface area contributed by atoms with Crippen molar-refractivity contribution in [2.45, 2.75) is 32.2 Å². The zero-order chi connectivity index (χ0) is 12.5. The van der Waals surface area contributed by atoms with Crippen LogP contribution in [0, 0.1) is 9.39 Å². The Morgan fingerprint density at radius 3 is 2.67 bits per heavy atom. The Labute approximate surface area is 119 Å². The van der Waals surface area contributed by atoms with Crippen LogP contribution in [0.1, 0.15) is 25.0 Å². The molecule has 3 rings (SSSR count). The van der Waals surface area contributed by atoms with Crippen LogP contribution in [0.2, 0.25) is 0 Å². The second-order valence-corrected chi connectivity index (χ2v) is 5.73. The van der Waals surface area contributed by atoms with Crippen LogP contribution in [0.3, 0.4) is 0 Å². The summed E-state index contributed by atoms with van der Waals surface area (Å²) in [6, 6.07) is 6.60. The predicted molar refractivity (Wildman–Crippen MR) is 77.9 cm³/mol. The number of hydrogen-bond donors (Lipinski definition) is 0. The molecule has 4 heteroatoms. The summed E-state index contributed by atoms with van der Waals surface area (Å²) in [6.07, 6.45) is 4.83. The van der Waals surface area contributed by atoms with Gasteiger partial charge in [0.2, 0.25) is 0 Å². The molecule has 0 N–H and O–H groups in total. The Balaban J connectivity index is 2.05. The van der Waals surface area contributed by atoms with Crippen LogP contribution in [0.15, 0.2) is 24.3 Å². The van der Waals surface area contributed by atoms with Crippen LogP contribution in [0.25, 0.3) is 11.3 Å². The predicted octanol–water partition coefficient (Wildman–Crippen LogP) is 4.02. The number of hydrogen-bond acceptors (Lipinski definition) is 1. The number of nitrogens with zero attached hydrogens (tertiary/aromatic N) is 2. The van der Waals surface area contributed by atoms with E-state index in [1.54, 1.807) is 12.1 Å². The lowest BCUT2D eigenvalue weighted by Crippen LogP contribution is -2.02. The molecule has 0 bridgehead atoms. The molecule has 2 heterocycles. The summed E-state index contributed by atoms with van der Waals surface area (Å²) in [4.78, 5) is 0. The van der Waals surface area contributed by atoms with Gasteiger partial charge in [0.1, 0.15) is 11.5 Å². The highest BCUT2D eigenvalue weighted by atomic mass is 127. The fourth-order valence-corrected chi connectivity index (χ4v) is 3.39. The maximum Gasteiger partial charge on any atom is 0.123 e. The third kappa shape index (κ3) is 2.18. The average molecular weight is 356 g/mol. The van der Waals surface area contributed by atoms with Gasteiger partial charge in [-0.2, -0.15) is 5.10 Å². The van der Waals surface area contributed by atoms with Gasteiger partial charge in [0.15, 0.2) is 0 Å². The lowest BCUT2D eigenvalue weighted by Gasteiger charge is -2.00. The molecule has 1 aliphatic rings. The SMILES string of the molecule is Fc1ccc(-c2nn3c(c2I)CCCCC3)cc1. The highest BCUT2D eigenvalue weighted by molar-refractivity contribution is 14.1. The summed E-state index contributed by atoms with van der Waals surface area (Å²) >= 11 is 2.37. The molecule has 0 amide bonds. The molecule has 0 atom stereocenters. The molecule has 0 saturated carbocycles. The minimum absolute atomic E-state index is 0.200. The number of aryl methyl sites for hydroxylation is 1. The van der Waals surface area contributed by atoms with Crippen molar-refractivity contribution in [3.63, 3.8) is 0 Å². The van der Waals surface area contributed by atoms with Crippen molar-refractivity contribution < 1.29 is 4.39 Å². The van der Waals surface area contributed by atoms with Gasteiger partial charge in [0.05, 0.1) is 9.26 Å². The van der Waals surface area contributed by atoms with Crippen LogP contribution < -0.4 is 0 Å². The van der Waals surface area contributed by atoms with E-state index in [-0.39, 0.29) is 5.82 Å². The van der Waals surface area contributed by atoms with Gasteiger partial charge in [-0.15, -0.1) is 0 Å². The van der Waals surface area contributed by atoms with Crippen LogP contribution in [-0.4, -0.2) is 9.78 Å². The van der Waals surface area contributed by atoms with Crippen molar-refractivity contribution in [2.75, 3.05) is 0 Å². The van der Waals surface area contributed by atoms with Crippen LogP contribution in [0.5, 0.6) is 0 Å². The fourth-order valence-electron chi connectivity index (χ4n) is 2.42. The number of fused-ring (bicyclic) bond motifs is 1. The zero-order valence-electron chi connectivity index (χ0n) is 10.00. The highest BCUT2D eigenvalue weighted by Crippen LogP contribution is 2.29. The van der Waals surface area contributed by atoms with E-state index in [4.69, 9.17) is 5.10 Å². The van der Waals surface area contributed by atoms with Crippen molar-refractivity contribution in [1.82, 2.24) is 9.78 Å². The van der Waals surface area contributed by atoms with Crippen molar-refractivity contribution in [3.05, 3.63) is 39.3 Å². The first-order chi connectivity index (χ1) is 8.75. The van der Waals surface area contributed by atoms with Crippen molar-refractivity contribution in [3.8, 4) is 11.3 Å². The monoisotopic (exact) mass is 356 g/mol. The molecule has 18 heavy (non-hydrogen) atoms. The van der Waals surface area contributed by atoms with Crippen molar-refractivity contribution in [1.29, 1.82) is 0 Å². The van der Waals surface area contributed by atoms with Gasteiger partial charge in [0.25, 0.3) is 0 Å². The molecule has 0 saturated heterocycles. The second kappa shape index (κ2) is 4.99. The summed E-state index contributed by atoms with van der Waals surface area (Å²) in [5, 5.41) is 4.70. The molecule has 1 aromatic carbocycles. The highest BCUT2D eigenvalue weighted by Gasteiger charge is 2.18. The molecule has 0 radical (unpaired) electrons. The minimum Gasteiger partial charge on any atom is -0.268 e. The van der Waals surface area contributed by atoms with Crippen molar-refractivity contribution in [2.24, 2.45) is 0 Å². The van der Waals surface area contributed by atoms with E-state index >= 15 is 0 Å². The summed E-state index contributed by atoms with van der Waals surface area (Å²) < 4.78 is 16.3. The molecule has 0 unspecified atom stereocenters. The smallest absolute Gasteiger partial charge is 0.123 e. The summed E-state index contributed by atoms with van der Waals surface area (Å²) in [7, 11) is 0. The Morgan fingerprint density at radius 1 is 1.11 bits per heavy atom. The molecule has 1 aromatic heterocycles.